The van der Waals surface area contributed by atoms with E-state index in [-0.39, 0.29) is 18.8 Å². The summed E-state index contributed by atoms with van der Waals surface area (Å²) >= 11 is 0. The van der Waals surface area contributed by atoms with E-state index in [1.165, 1.54) is 0 Å². The maximum absolute atomic E-state index is 12.5. The quantitative estimate of drug-likeness (QED) is 0.201. The van der Waals surface area contributed by atoms with Crippen molar-refractivity contribution in [1.82, 2.24) is 4.98 Å². The Morgan fingerprint density at radius 2 is 1.59 bits per heavy atom. The van der Waals surface area contributed by atoms with E-state index in [4.69, 9.17) is 18.9 Å². The monoisotopic (exact) mass is 434 g/mol. The molecule has 0 saturated carbocycles. The van der Waals surface area contributed by atoms with E-state index in [0.29, 0.717) is 26.4 Å². The van der Waals surface area contributed by atoms with E-state index in [1.807, 2.05) is 60.7 Å². The number of aromatic amines is 1. The van der Waals surface area contributed by atoms with Crippen molar-refractivity contribution in [2.75, 3.05) is 46.8 Å². The molecule has 0 aliphatic heterocycles. The van der Waals surface area contributed by atoms with Crippen LogP contribution in [-0.2, 0) is 23.7 Å². The van der Waals surface area contributed by atoms with Gasteiger partial charge in [-0.15, -0.1) is 0 Å². The van der Waals surface area contributed by atoms with Crippen LogP contribution in [0.15, 0.2) is 60.2 Å². The lowest BCUT2D eigenvalue weighted by Gasteiger charge is -2.07. The SMILES string of the molecule is COCCOCCOCCOC(=O)/C(C#N)=C/c1c(-c2ccccc2)[nH]c2ccccc12. The molecule has 3 rings (SSSR count). The lowest BCUT2D eigenvalue weighted by atomic mass is 10.0. The molecule has 0 saturated heterocycles. The number of benzene rings is 2. The smallest absolute Gasteiger partial charge is 0.348 e. The summed E-state index contributed by atoms with van der Waals surface area (Å²) in [6.45, 7) is 2.13. The van der Waals surface area contributed by atoms with Gasteiger partial charge in [0.05, 0.1) is 38.7 Å². The first-order valence-corrected chi connectivity index (χ1v) is 10.3. The fourth-order valence-corrected chi connectivity index (χ4v) is 3.16. The van der Waals surface area contributed by atoms with Gasteiger partial charge in [0.2, 0.25) is 0 Å². The van der Waals surface area contributed by atoms with Crippen molar-refractivity contribution in [3.8, 4) is 17.3 Å². The normalized spacial score (nSPS) is 11.4. The van der Waals surface area contributed by atoms with Crippen molar-refractivity contribution in [2.24, 2.45) is 0 Å². The van der Waals surface area contributed by atoms with Crippen LogP contribution in [0, 0.1) is 11.3 Å². The molecule has 0 amide bonds. The van der Waals surface area contributed by atoms with Crippen LogP contribution in [-0.4, -0.2) is 57.7 Å². The molecule has 2 aromatic carbocycles. The number of carbonyl (C=O) groups is 1. The number of fused-ring (bicyclic) bond motifs is 1. The molecule has 0 unspecified atom stereocenters. The van der Waals surface area contributed by atoms with Crippen molar-refractivity contribution in [2.45, 2.75) is 0 Å². The van der Waals surface area contributed by atoms with Gasteiger partial charge in [0.25, 0.3) is 0 Å². The highest BCUT2D eigenvalue weighted by Gasteiger charge is 2.16. The zero-order valence-electron chi connectivity index (χ0n) is 18.0. The van der Waals surface area contributed by atoms with Crippen LogP contribution in [0.1, 0.15) is 5.56 Å². The van der Waals surface area contributed by atoms with E-state index in [0.717, 1.165) is 27.7 Å². The molecular formula is C25H26N2O5. The molecule has 166 valence electrons. The Hall–Kier alpha value is -3.44. The van der Waals surface area contributed by atoms with E-state index in [9.17, 15) is 10.1 Å². The third-order valence-corrected chi connectivity index (χ3v) is 4.70. The van der Waals surface area contributed by atoms with Gasteiger partial charge in [-0.2, -0.15) is 5.26 Å². The number of carbonyl (C=O) groups excluding carboxylic acids is 1. The number of nitrogens with one attached hydrogen (secondary N) is 1. The lowest BCUT2D eigenvalue weighted by molar-refractivity contribution is -0.140. The van der Waals surface area contributed by atoms with E-state index in [1.54, 1.807) is 13.2 Å². The second-order valence-electron chi connectivity index (χ2n) is 6.85. The molecule has 1 aromatic heterocycles. The number of nitriles is 1. The summed E-state index contributed by atoms with van der Waals surface area (Å²) in [4.78, 5) is 15.9. The molecular weight excluding hydrogens is 408 g/mol. The summed E-state index contributed by atoms with van der Waals surface area (Å²) in [5, 5.41) is 10.5. The third-order valence-electron chi connectivity index (χ3n) is 4.70. The van der Waals surface area contributed by atoms with Crippen molar-refractivity contribution < 1.29 is 23.7 Å². The van der Waals surface area contributed by atoms with Crippen molar-refractivity contribution >= 4 is 22.9 Å². The van der Waals surface area contributed by atoms with Crippen LogP contribution in [0.4, 0.5) is 0 Å². The third kappa shape index (κ3) is 6.28. The highest BCUT2D eigenvalue weighted by atomic mass is 16.6. The first-order valence-electron chi connectivity index (χ1n) is 10.3. The number of rotatable bonds is 12. The van der Waals surface area contributed by atoms with Crippen molar-refractivity contribution in [3.05, 3.63) is 65.7 Å². The summed E-state index contributed by atoms with van der Waals surface area (Å²) in [6.07, 6.45) is 1.58. The van der Waals surface area contributed by atoms with Gasteiger partial charge in [0, 0.05) is 23.6 Å². The summed E-state index contributed by atoms with van der Waals surface area (Å²) in [6, 6.07) is 19.5. The minimum atomic E-state index is -0.684. The highest BCUT2D eigenvalue weighted by molar-refractivity contribution is 6.04. The molecule has 32 heavy (non-hydrogen) atoms. The highest BCUT2D eigenvalue weighted by Crippen LogP contribution is 2.32. The minimum Gasteiger partial charge on any atom is -0.459 e. The largest absolute Gasteiger partial charge is 0.459 e. The van der Waals surface area contributed by atoms with Gasteiger partial charge in [-0.05, 0) is 17.7 Å². The Morgan fingerprint density at radius 1 is 0.938 bits per heavy atom. The fraction of sp³-hybridized carbons (Fsp3) is 0.280. The first-order chi connectivity index (χ1) is 15.7. The van der Waals surface area contributed by atoms with Gasteiger partial charge >= 0.3 is 5.97 Å². The van der Waals surface area contributed by atoms with Crippen LogP contribution in [0.2, 0.25) is 0 Å². The van der Waals surface area contributed by atoms with Crippen molar-refractivity contribution in [3.63, 3.8) is 0 Å². The number of para-hydroxylation sites is 1. The number of nitrogens with zero attached hydrogens (tertiary/aromatic N) is 1. The number of hydrogen-bond acceptors (Lipinski definition) is 6. The number of H-pyrrole nitrogens is 1. The van der Waals surface area contributed by atoms with Crippen LogP contribution < -0.4 is 0 Å². The maximum Gasteiger partial charge on any atom is 0.348 e. The topological polar surface area (TPSA) is 93.6 Å². The van der Waals surface area contributed by atoms with Gasteiger partial charge in [-0.3, -0.25) is 0 Å². The molecule has 7 nitrogen and oxygen atoms in total. The van der Waals surface area contributed by atoms with Gasteiger partial charge in [0.15, 0.2) is 0 Å². The zero-order valence-corrected chi connectivity index (χ0v) is 18.0. The average Bonchev–Trinajstić information content (AvgIpc) is 3.20. The van der Waals surface area contributed by atoms with Gasteiger partial charge < -0.3 is 23.9 Å². The van der Waals surface area contributed by atoms with Crippen LogP contribution >= 0.6 is 0 Å². The molecule has 0 radical (unpaired) electrons. The predicted molar refractivity (Wildman–Crippen MR) is 122 cm³/mol. The molecule has 0 atom stereocenters. The molecule has 0 aliphatic rings. The Kier molecular flexibility index (Phi) is 9.02. The van der Waals surface area contributed by atoms with Crippen LogP contribution in [0.25, 0.3) is 28.2 Å². The molecule has 0 spiro atoms. The molecule has 0 bridgehead atoms. The van der Waals surface area contributed by atoms with Crippen LogP contribution in [0.3, 0.4) is 0 Å². The van der Waals surface area contributed by atoms with Crippen LogP contribution in [0.5, 0.6) is 0 Å². The van der Waals surface area contributed by atoms with Crippen molar-refractivity contribution in [1.29, 1.82) is 5.26 Å². The number of esters is 1. The molecule has 3 aromatic rings. The van der Waals surface area contributed by atoms with E-state index in [2.05, 4.69) is 4.98 Å². The fourth-order valence-electron chi connectivity index (χ4n) is 3.16. The minimum absolute atomic E-state index is 0.0509. The predicted octanol–water partition coefficient (Wildman–Crippen LogP) is 3.96. The van der Waals surface area contributed by atoms with E-state index < -0.39 is 5.97 Å². The Bertz CT molecular complexity index is 1080. The zero-order chi connectivity index (χ0) is 22.6. The first kappa shape index (κ1) is 23.2. The second-order valence-corrected chi connectivity index (χ2v) is 6.85. The van der Waals surface area contributed by atoms with Gasteiger partial charge in [-0.1, -0.05) is 48.5 Å². The molecule has 0 fully saturated rings. The molecule has 1 heterocycles. The second kappa shape index (κ2) is 12.4. The number of hydrogen-bond donors (Lipinski definition) is 1. The lowest BCUT2D eigenvalue weighted by Crippen LogP contribution is -2.14. The molecule has 7 heteroatoms. The van der Waals surface area contributed by atoms with E-state index >= 15 is 0 Å². The Balaban J connectivity index is 1.66. The molecule has 0 aliphatic carbocycles. The number of methoxy groups -OCH3 is 1. The Morgan fingerprint density at radius 3 is 2.31 bits per heavy atom. The Labute approximate surface area is 187 Å². The standard InChI is InChI=1S/C25H26N2O5/c1-29-11-12-30-13-14-31-15-16-32-25(28)20(18-26)17-22-21-9-5-6-10-23(21)27-24(22)19-7-3-2-4-8-19/h2-10,17,27H,11-16H2,1H3/b20-17+. The van der Waals surface area contributed by atoms with Gasteiger partial charge in [-0.25, -0.2) is 4.79 Å². The average molecular weight is 434 g/mol. The number of ether oxygens (including phenoxy) is 4. The van der Waals surface area contributed by atoms with Gasteiger partial charge in [0.1, 0.15) is 18.2 Å². The summed E-state index contributed by atoms with van der Waals surface area (Å²) in [5.74, 6) is -0.684. The number of aromatic nitrogens is 1. The summed E-state index contributed by atoms with van der Waals surface area (Å²) in [5.41, 5.74) is 3.41. The molecule has 1 N–H and O–H groups in total. The summed E-state index contributed by atoms with van der Waals surface area (Å²) < 4.78 is 20.8. The maximum atomic E-state index is 12.5. The summed E-state index contributed by atoms with van der Waals surface area (Å²) in [7, 11) is 1.61.